The van der Waals surface area contributed by atoms with Crippen molar-refractivity contribution in [1.29, 1.82) is 0 Å². The summed E-state index contributed by atoms with van der Waals surface area (Å²) < 4.78 is 4.87. The van der Waals surface area contributed by atoms with Gasteiger partial charge in [0.2, 0.25) is 0 Å². The van der Waals surface area contributed by atoms with Gasteiger partial charge in [0.15, 0.2) is 5.78 Å². The normalized spacial score (nSPS) is 18.6. The van der Waals surface area contributed by atoms with Crippen LogP contribution < -0.4 is 0 Å². The van der Waals surface area contributed by atoms with E-state index in [1.165, 1.54) is 0 Å². The van der Waals surface area contributed by atoms with Crippen LogP contribution in [0, 0.1) is 0 Å². The molecule has 0 unspecified atom stereocenters. The van der Waals surface area contributed by atoms with Gasteiger partial charge in [-0.15, -0.1) is 0 Å². The van der Waals surface area contributed by atoms with E-state index in [2.05, 4.69) is 0 Å². The molecule has 3 nitrogen and oxygen atoms in total. The molecule has 1 aliphatic heterocycles. The van der Waals surface area contributed by atoms with Gasteiger partial charge in [0, 0.05) is 12.0 Å². The second-order valence-corrected chi connectivity index (χ2v) is 3.68. The van der Waals surface area contributed by atoms with Crippen LogP contribution in [0.2, 0.25) is 0 Å². The summed E-state index contributed by atoms with van der Waals surface area (Å²) in [6.45, 7) is 0.539. The van der Waals surface area contributed by atoms with Crippen molar-refractivity contribution < 1.29 is 14.6 Å². The maximum atomic E-state index is 11.6. The van der Waals surface area contributed by atoms with Crippen molar-refractivity contribution in [1.82, 2.24) is 0 Å². The van der Waals surface area contributed by atoms with E-state index in [4.69, 9.17) is 4.74 Å². The van der Waals surface area contributed by atoms with Crippen molar-refractivity contribution in [3.8, 4) is 0 Å². The van der Waals surface area contributed by atoms with E-state index in [-0.39, 0.29) is 25.4 Å². The molecule has 1 N–H and O–H groups in total. The monoisotopic (exact) mass is 192 g/mol. The molecule has 2 rings (SSSR count). The van der Waals surface area contributed by atoms with E-state index in [1.54, 1.807) is 12.1 Å². The maximum absolute atomic E-state index is 11.6. The predicted octanol–water partition coefficient (Wildman–Crippen LogP) is 1.02. The van der Waals surface area contributed by atoms with Gasteiger partial charge in [0.25, 0.3) is 0 Å². The fraction of sp³-hybridized carbons (Fsp3) is 0.364. The Bertz CT molecular complexity index is 328. The molecule has 0 aliphatic carbocycles. The molecule has 1 aromatic carbocycles. The first-order valence-electron chi connectivity index (χ1n) is 4.58. The van der Waals surface area contributed by atoms with Crippen molar-refractivity contribution in [2.75, 3.05) is 13.2 Å². The zero-order valence-electron chi connectivity index (χ0n) is 7.77. The second-order valence-electron chi connectivity index (χ2n) is 3.68. The van der Waals surface area contributed by atoms with Crippen LogP contribution in [0.3, 0.4) is 0 Å². The van der Waals surface area contributed by atoms with Crippen LogP contribution in [0.4, 0.5) is 0 Å². The summed E-state index contributed by atoms with van der Waals surface area (Å²) in [5.41, 5.74) is -0.278. The summed E-state index contributed by atoms with van der Waals surface area (Å²) in [6.07, 6.45) is 0.150. The fourth-order valence-electron chi connectivity index (χ4n) is 1.46. The predicted molar refractivity (Wildman–Crippen MR) is 51.2 cm³/mol. The largest absolute Gasteiger partial charge is 0.385 e. The number of carbonyl (C=O) groups excluding carboxylic acids is 1. The van der Waals surface area contributed by atoms with Gasteiger partial charge in [0.1, 0.15) is 5.60 Å². The summed E-state index contributed by atoms with van der Waals surface area (Å²) in [5, 5.41) is 9.70. The number of carbonyl (C=O) groups is 1. The van der Waals surface area contributed by atoms with Gasteiger partial charge in [-0.2, -0.15) is 0 Å². The minimum Gasteiger partial charge on any atom is -0.385 e. The number of aliphatic hydroxyl groups is 1. The Balaban J connectivity index is 2.03. The van der Waals surface area contributed by atoms with Crippen molar-refractivity contribution >= 4 is 5.78 Å². The fourth-order valence-corrected chi connectivity index (χ4v) is 1.46. The van der Waals surface area contributed by atoms with Gasteiger partial charge in [-0.3, -0.25) is 4.79 Å². The molecular weight excluding hydrogens is 180 g/mol. The molecule has 0 radical (unpaired) electrons. The summed E-state index contributed by atoms with van der Waals surface area (Å²) in [5.74, 6) is -0.0311. The van der Waals surface area contributed by atoms with E-state index < -0.39 is 5.60 Å². The molecule has 0 bridgehead atoms. The zero-order valence-corrected chi connectivity index (χ0v) is 7.77. The molecule has 0 amide bonds. The molecule has 0 spiro atoms. The molecule has 1 saturated heterocycles. The van der Waals surface area contributed by atoms with E-state index in [1.807, 2.05) is 18.2 Å². The lowest BCUT2D eigenvalue weighted by Gasteiger charge is -2.35. The Kier molecular flexibility index (Phi) is 2.35. The van der Waals surface area contributed by atoms with E-state index >= 15 is 0 Å². The van der Waals surface area contributed by atoms with Gasteiger partial charge in [-0.05, 0) is 0 Å². The van der Waals surface area contributed by atoms with Crippen LogP contribution in [-0.4, -0.2) is 29.7 Å². The number of Topliss-reactive ketones (excluding diaryl/α,β-unsaturated/α-hetero) is 1. The van der Waals surface area contributed by atoms with Gasteiger partial charge in [-0.25, -0.2) is 0 Å². The van der Waals surface area contributed by atoms with Gasteiger partial charge in [0.05, 0.1) is 13.2 Å². The number of hydrogen-bond donors (Lipinski definition) is 1. The quantitative estimate of drug-likeness (QED) is 0.727. The summed E-state index contributed by atoms with van der Waals surface area (Å²) in [4.78, 5) is 11.6. The molecule has 3 heteroatoms. The number of ketones is 1. The molecule has 1 aromatic rings. The third-order valence-electron chi connectivity index (χ3n) is 2.33. The third kappa shape index (κ3) is 1.84. The van der Waals surface area contributed by atoms with E-state index in [0.717, 1.165) is 0 Å². The second kappa shape index (κ2) is 3.52. The van der Waals surface area contributed by atoms with E-state index in [0.29, 0.717) is 5.56 Å². The average molecular weight is 192 g/mol. The van der Waals surface area contributed by atoms with Crippen LogP contribution in [0.15, 0.2) is 30.3 Å². The number of benzene rings is 1. The first kappa shape index (κ1) is 9.37. The molecule has 1 heterocycles. The van der Waals surface area contributed by atoms with Gasteiger partial charge < -0.3 is 9.84 Å². The Hall–Kier alpha value is -1.19. The Morgan fingerprint density at radius 3 is 2.50 bits per heavy atom. The number of rotatable bonds is 3. The lowest BCUT2D eigenvalue weighted by molar-refractivity contribution is -0.175. The standard InChI is InChI=1S/C11H12O3/c12-10(6-11(13)7-14-8-11)9-4-2-1-3-5-9/h1-5,13H,6-8H2. The SMILES string of the molecule is O=C(CC1(O)COC1)c1ccccc1. The van der Waals surface area contributed by atoms with Crippen molar-refractivity contribution in [3.05, 3.63) is 35.9 Å². The lowest BCUT2D eigenvalue weighted by atomic mass is 9.92. The molecule has 1 aliphatic rings. The minimum absolute atomic E-state index is 0.0311. The Labute approximate surface area is 82.3 Å². The molecule has 74 valence electrons. The molecule has 0 atom stereocenters. The molecule has 14 heavy (non-hydrogen) atoms. The summed E-state index contributed by atoms with van der Waals surface area (Å²) in [7, 11) is 0. The maximum Gasteiger partial charge on any atom is 0.165 e. The summed E-state index contributed by atoms with van der Waals surface area (Å²) in [6, 6.07) is 9.00. The molecule has 0 aromatic heterocycles. The van der Waals surface area contributed by atoms with Crippen LogP contribution in [0.1, 0.15) is 16.8 Å². The Morgan fingerprint density at radius 1 is 1.36 bits per heavy atom. The minimum atomic E-state index is -0.924. The van der Waals surface area contributed by atoms with Crippen LogP contribution in [0.5, 0.6) is 0 Å². The summed E-state index contributed by atoms with van der Waals surface area (Å²) >= 11 is 0. The Morgan fingerprint density at radius 2 is 2.00 bits per heavy atom. The van der Waals surface area contributed by atoms with Gasteiger partial charge in [-0.1, -0.05) is 30.3 Å². The highest BCUT2D eigenvalue weighted by Gasteiger charge is 2.38. The topological polar surface area (TPSA) is 46.5 Å². The highest BCUT2D eigenvalue weighted by atomic mass is 16.5. The highest BCUT2D eigenvalue weighted by molar-refractivity contribution is 5.96. The van der Waals surface area contributed by atoms with Crippen molar-refractivity contribution in [2.45, 2.75) is 12.0 Å². The van der Waals surface area contributed by atoms with Crippen molar-refractivity contribution in [3.63, 3.8) is 0 Å². The molecule has 0 saturated carbocycles. The van der Waals surface area contributed by atoms with Gasteiger partial charge >= 0.3 is 0 Å². The van der Waals surface area contributed by atoms with Crippen LogP contribution >= 0.6 is 0 Å². The average Bonchev–Trinajstić information content (AvgIpc) is 2.17. The number of hydrogen-bond acceptors (Lipinski definition) is 3. The third-order valence-corrected chi connectivity index (χ3v) is 2.33. The molecular formula is C11H12O3. The van der Waals surface area contributed by atoms with Crippen LogP contribution in [-0.2, 0) is 4.74 Å². The smallest absolute Gasteiger partial charge is 0.165 e. The number of ether oxygens (including phenoxy) is 1. The zero-order chi connectivity index (χ0) is 10.0. The van der Waals surface area contributed by atoms with E-state index in [9.17, 15) is 9.90 Å². The lowest BCUT2D eigenvalue weighted by Crippen LogP contribution is -2.50. The van der Waals surface area contributed by atoms with Crippen LogP contribution in [0.25, 0.3) is 0 Å². The first-order chi connectivity index (χ1) is 6.70. The molecule has 1 fully saturated rings. The first-order valence-corrected chi connectivity index (χ1v) is 4.58. The van der Waals surface area contributed by atoms with Crippen molar-refractivity contribution in [2.24, 2.45) is 0 Å². The highest BCUT2D eigenvalue weighted by Crippen LogP contribution is 2.22.